The van der Waals surface area contributed by atoms with Crippen LogP contribution in [0.2, 0.25) is 0 Å². The monoisotopic (exact) mass is 159 g/mol. The fourth-order valence-electron chi connectivity index (χ4n) is 0.472. The SMILES string of the molecule is CC(C)(N=[N+]=[N-])[C@H](O)C(=O)O. The zero-order valence-corrected chi connectivity index (χ0v) is 6.22. The third kappa shape index (κ3) is 2.45. The largest absolute Gasteiger partial charge is 0.479 e. The van der Waals surface area contributed by atoms with Crippen LogP contribution in [0.3, 0.4) is 0 Å². The van der Waals surface area contributed by atoms with Crippen LogP contribution in [0.4, 0.5) is 0 Å². The van der Waals surface area contributed by atoms with E-state index in [0.717, 1.165) is 0 Å². The van der Waals surface area contributed by atoms with Gasteiger partial charge in [0.1, 0.15) is 0 Å². The number of azide groups is 1. The quantitative estimate of drug-likeness (QED) is 0.356. The molecule has 0 radical (unpaired) electrons. The van der Waals surface area contributed by atoms with E-state index in [2.05, 4.69) is 10.0 Å². The molecule has 0 aromatic rings. The summed E-state index contributed by atoms with van der Waals surface area (Å²) in [7, 11) is 0. The zero-order chi connectivity index (χ0) is 9.07. The van der Waals surface area contributed by atoms with Crippen molar-refractivity contribution in [3.8, 4) is 0 Å². The summed E-state index contributed by atoms with van der Waals surface area (Å²) in [5, 5.41) is 20.4. The van der Waals surface area contributed by atoms with E-state index < -0.39 is 17.6 Å². The Labute approximate surface area is 63.1 Å². The lowest BCUT2D eigenvalue weighted by molar-refractivity contribution is -0.149. The maximum absolute atomic E-state index is 10.2. The molecule has 6 heteroatoms. The highest BCUT2D eigenvalue weighted by Gasteiger charge is 2.32. The van der Waals surface area contributed by atoms with Gasteiger partial charge in [-0.25, -0.2) is 4.79 Å². The van der Waals surface area contributed by atoms with E-state index in [9.17, 15) is 4.79 Å². The first kappa shape index (κ1) is 9.74. The first-order chi connectivity index (χ1) is 4.91. The van der Waals surface area contributed by atoms with Crippen molar-refractivity contribution in [3.05, 3.63) is 10.4 Å². The molecule has 0 heterocycles. The molecular formula is C5H9N3O3. The molecule has 0 aliphatic carbocycles. The Kier molecular flexibility index (Phi) is 2.86. The van der Waals surface area contributed by atoms with E-state index in [0.29, 0.717) is 0 Å². The number of aliphatic hydroxyl groups is 1. The molecule has 0 rings (SSSR count). The average molecular weight is 159 g/mol. The Morgan fingerprint density at radius 3 is 2.45 bits per heavy atom. The minimum absolute atomic E-state index is 1.30. The van der Waals surface area contributed by atoms with Gasteiger partial charge in [-0.1, -0.05) is 19.0 Å². The first-order valence-corrected chi connectivity index (χ1v) is 2.89. The third-order valence-corrected chi connectivity index (χ3v) is 1.21. The summed E-state index contributed by atoms with van der Waals surface area (Å²) < 4.78 is 0. The predicted octanol–water partition coefficient (Wildman–Crippen LogP) is 0.521. The van der Waals surface area contributed by atoms with Crippen molar-refractivity contribution in [1.82, 2.24) is 0 Å². The number of rotatable bonds is 3. The molecule has 2 N–H and O–H groups in total. The molecule has 0 aliphatic heterocycles. The molecule has 0 aromatic heterocycles. The van der Waals surface area contributed by atoms with Gasteiger partial charge in [0.15, 0.2) is 6.10 Å². The van der Waals surface area contributed by atoms with Crippen LogP contribution in [0.5, 0.6) is 0 Å². The molecule has 0 saturated carbocycles. The van der Waals surface area contributed by atoms with Gasteiger partial charge in [-0.3, -0.25) is 0 Å². The number of carbonyl (C=O) groups is 1. The van der Waals surface area contributed by atoms with Gasteiger partial charge in [-0.2, -0.15) is 0 Å². The summed E-state index contributed by atoms with van der Waals surface area (Å²) in [5.41, 5.74) is 6.68. The summed E-state index contributed by atoms with van der Waals surface area (Å²) in [6.45, 7) is 2.68. The summed E-state index contributed by atoms with van der Waals surface area (Å²) >= 11 is 0. The number of hydrogen-bond donors (Lipinski definition) is 2. The van der Waals surface area contributed by atoms with Crippen LogP contribution in [-0.2, 0) is 4.79 Å². The van der Waals surface area contributed by atoms with Gasteiger partial charge in [0.25, 0.3) is 0 Å². The Hall–Kier alpha value is -1.26. The van der Waals surface area contributed by atoms with E-state index in [1.54, 1.807) is 0 Å². The van der Waals surface area contributed by atoms with E-state index >= 15 is 0 Å². The fraction of sp³-hybridized carbons (Fsp3) is 0.800. The van der Waals surface area contributed by atoms with Gasteiger partial charge in [-0.05, 0) is 5.53 Å². The molecule has 0 saturated heterocycles. The highest BCUT2D eigenvalue weighted by atomic mass is 16.4. The standard InChI is InChI=1S/C5H9N3O3/c1-5(2,7-8-6)3(9)4(10)11/h3,9H,1-2H3,(H,10,11)/t3-/m1/s1. The number of carboxylic acids is 1. The average Bonchev–Trinajstić information content (AvgIpc) is 1.86. The normalized spacial score (nSPS) is 13.4. The van der Waals surface area contributed by atoms with E-state index in [1.165, 1.54) is 13.8 Å². The lowest BCUT2D eigenvalue weighted by Crippen LogP contribution is -2.40. The van der Waals surface area contributed by atoms with E-state index in [4.69, 9.17) is 15.7 Å². The maximum Gasteiger partial charge on any atom is 0.333 e. The van der Waals surface area contributed by atoms with Gasteiger partial charge in [-0.15, -0.1) is 0 Å². The molecule has 0 aromatic carbocycles. The van der Waals surface area contributed by atoms with Gasteiger partial charge in [0, 0.05) is 4.91 Å². The molecule has 0 spiro atoms. The number of aliphatic hydroxyl groups excluding tert-OH is 1. The second-order valence-electron chi connectivity index (χ2n) is 2.58. The minimum Gasteiger partial charge on any atom is -0.479 e. The van der Waals surface area contributed by atoms with Crippen LogP contribution >= 0.6 is 0 Å². The third-order valence-electron chi connectivity index (χ3n) is 1.21. The molecule has 6 nitrogen and oxygen atoms in total. The molecule has 0 aliphatic rings. The number of carboxylic acid groups (broad SMARTS) is 1. The van der Waals surface area contributed by atoms with Crippen molar-refractivity contribution in [2.45, 2.75) is 25.5 Å². The van der Waals surface area contributed by atoms with Crippen LogP contribution < -0.4 is 0 Å². The van der Waals surface area contributed by atoms with Crippen LogP contribution in [0.25, 0.3) is 10.4 Å². The van der Waals surface area contributed by atoms with Gasteiger partial charge >= 0.3 is 5.97 Å². The molecule has 0 fully saturated rings. The topological polar surface area (TPSA) is 106 Å². The summed E-state index contributed by atoms with van der Waals surface area (Å²) in [4.78, 5) is 12.6. The van der Waals surface area contributed by atoms with Crippen LogP contribution in [0.1, 0.15) is 13.8 Å². The Morgan fingerprint density at radius 1 is 1.73 bits per heavy atom. The first-order valence-electron chi connectivity index (χ1n) is 2.89. The van der Waals surface area contributed by atoms with E-state index in [1.807, 2.05) is 0 Å². The number of hydrogen-bond acceptors (Lipinski definition) is 3. The van der Waals surface area contributed by atoms with Crippen molar-refractivity contribution < 1.29 is 15.0 Å². The van der Waals surface area contributed by atoms with Crippen LogP contribution in [0.15, 0.2) is 5.11 Å². The summed E-state index contributed by atoms with van der Waals surface area (Å²) in [6.07, 6.45) is -1.67. The second-order valence-corrected chi connectivity index (χ2v) is 2.58. The highest BCUT2D eigenvalue weighted by Crippen LogP contribution is 2.14. The smallest absolute Gasteiger partial charge is 0.333 e. The maximum atomic E-state index is 10.2. The van der Waals surface area contributed by atoms with Crippen molar-refractivity contribution in [2.75, 3.05) is 0 Å². The zero-order valence-electron chi connectivity index (χ0n) is 6.22. The second kappa shape index (κ2) is 3.23. The number of aliphatic carboxylic acids is 1. The minimum atomic E-state index is -1.67. The molecule has 0 unspecified atom stereocenters. The fourth-order valence-corrected chi connectivity index (χ4v) is 0.472. The molecule has 62 valence electrons. The lowest BCUT2D eigenvalue weighted by atomic mass is 9.99. The molecule has 11 heavy (non-hydrogen) atoms. The van der Waals surface area contributed by atoms with E-state index in [-0.39, 0.29) is 0 Å². The summed E-state index contributed by atoms with van der Waals surface area (Å²) in [5.74, 6) is -1.40. The van der Waals surface area contributed by atoms with Gasteiger partial charge in [0.2, 0.25) is 0 Å². The Balaban J connectivity index is 4.54. The van der Waals surface area contributed by atoms with Crippen molar-refractivity contribution >= 4 is 5.97 Å². The van der Waals surface area contributed by atoms with Crippen LogP contribution in [0, 0.1) is 0 Å². The number of nitrogens with zero attached hydrogens (tertiary/aromatic N) is 3. The molecule has 0 bridgehead atoms. The Morgan fingerprint density at radius 2 is 2.18 bits per heavy atom. The van der Waals surface area contributed by atoms with Gasteiger partial charge in [0.05, 0.1) is 5.54 Å². The molecular weight excluding hydrogens is 150 g/mol. The Bertz CT molecular complexity index is 207. The predicted molar refractivity (Wildman–Crippen MR) is 36.9 cm³/mol. The lowest BCUT2D eigenvalue weighted by Gasteiger charge is -2.20. The van der Waals surface area contributed by atoms with Crippen LogP contribution in [-0.4, -0.2) is 27.8 Å². The molecule has 0 amide bonds. The summed E-state index contributed by atoms with van der Waals surface area (Å²) in [6, 6.07) is 0. The van der Waals surface area contributed by atoms with Crippen molar-refractivity contribution in [2.24, 2.45) is 5.11 Å². The van der Waals surface area contributed by atoms with Crippen molar-refractivity contribution in [3.63, 3.8) is 0 Å². The van der Waals surface area contributed by atoms with Crippen molar-refractivity contribution in [1.29, 1.82) is 0 Å². The molecule has 1 atom stereocenters. The van der Waals surface area contributed by atoms with Gasteiger partial charge < -0.3 is 10.2 Å². The highest BCUT2D eigenvalue weighted by molar-refractivity contribution is 5.73.